The number of thioether (sulfide) groups is 2. The van der Waals surface area contributed by atoms with Crippen LogP contribution in [0.1, 0.15) is 5.56 Å². The van der Waals surface area contributed by atoms with Gasteiger partial charge in [-0.05, 0) is 28.8 Å². The molecule has 108 valence electrons. The maximum atomic E-state index is 4.18. The average Bonchev–Trinajstić information content (AvgIpc) is 3.05. The van der Waals surface area contributed by atoms with Crippen LogP contribution in [-0.4, -0.2) is 22.1 Å². The van der Waals surface area contributed by atoms with Crippen LogP contribution in [0.25, 0.3) is 10.8 Å². The average molecular weight is 314 g/mol. The predicted octanol–water partition coefficient (Wildman–Crippen LogP) is 4.62. The second-order valence-corrected chi connectivity index (χ2v) is 7.39. The molecule has 2 aromatic carbocycles. The quantitative estimate of drug-likeness (QED) is 0.640. The molecule has 0 unspecified atom stereocenters. The third kappa shape index (κ3) is 2.70. The molecule has 0 bridgehead atoms. The molecule has 1 aromatic heterocycles. The van der Waals surface area contributed by atoms with Gasteiger partial charge in [0.25, 0.3) is 0 Å². The molecule has 3 aromatic rings. The lowest BCUT2D eigenvalue weighted by Gasteiger charge is -2.32. The molecule has 0 saturated heterocycles. The summed E-state index contributed by atoms with van der Waals surface area (Å²) in [5.41, 5.74) is 1.38. The summed E-state index contributed by atoms with van der Waals surface area (Å²) in [6.45, 7) is 0.906. The second kappa shape index (κ2) is 6.16. The molecule has 2 nitrogen and oxygen atoms in total. The fourth-order valence-electron chi connectivity index (χ4n) is 2.70. The molecule has 0 atom stereocenters. The van der Waals surface area contributed by atoms with Crippen molar-refractivity contribution >= 4 is 34.3 Å². The van der Waals surface area contributed by atoms with E-state index in [9.17, 15) is 0 Å². The number of hydrogen-bond donors (Lipinski definition) is 0. The van der Waals surface area contributed by atoms with E-state index in [1.54, 1.807) is 0 Å². The van der Waals surface area contributed by atoms with Gasteiger partial charge in [0.1, 0.15) is 4.08 Å². The fraction of sp³-hybridized carbons (Fsp3) is 0.235. The number of rotatable bonds is 5. The minimum atomic E-state index is -0.0123. The molecular weight excluding hydrogens is 296 g/mol. The molecule has 0 aliphatic rings. The molecule has 1 heterocycles. The van der Waals surface area contributed by atoms with E-state index < -0.39 is 0 Å². The molecule has 21 heavy (non-hydrogen) atoms. The van der Waals surface area contributed by atoms with Gasteiger partial charge in [0.05, 0.1) is 12.9 Å². The molecule has 0 fully saturated rings. The number of imidazole rings is 1. The summed E-state index contributed by atoms with van der Waals surface area (Å²) in [6, 6.07) is 15.2. The maximum absolute atomic E-state index is 4.18. The van der Waals surface area contributed by atoms with Crippen LogP contribution in [0.3, 0.4) is 0 Å². The molecule has 0 aliphatic heterocycles. The Hall–Kier alpha value is -1.39. The third-order valence-electron chi connectivity index (χ3n) is 3.81. The minimum Gasteiger partial charge on any atom is -0.335 e. The van der Waals surface area contributed by atoms with E-state index in [2.05, 4.69) is 64.5 Å². The van der Waals surface area contributed by atoms with Gasteiger partial charge in [-0.15, -0.1) is 23.5 Å². The van der Waals surface area contributed by atoms with Crippen molar-refractivity contribution in [1.82, 2.24) is 9.55 Å². The highest BCUT2D eigenvalue weighted by Crippen LogP contribution is 2.47. The standard InChI is InChI=1S/C17H18N2S2/c1-20-17(21-2,12-19-11-10-18-13-19)16-9-5-7-14-6-3-4-8-15(14)16/h3-11,13H,12H2,1-2H3. The van der Waals surface area contributed by atoms with Gasteiger partial charge in [-0.2, -0.15) is 0 Å². The second-order valence-electron chi connectivity index (χ2n) is 4.92. The highest BCUT2D eigenvalue weighted by molar-refractivity contribution is 8.16. The minimum absolute atomic E-state index is 0.0123. The first-order valence-electron chi connectivity index (χ1n) is 6.83. The summed E-state index contributed by atoms with van der Waals surface area (Å²) in [7, 11) is 0. The van der Waals surface area contributed by atoms with E-state index in [4.69, 9.17) is 0 Å². The summed E-state index contributed by atoms with van der Waals surface area (Å²) in [5, 5.41) is 2.64. The van der Waals surface area contributed by atoms with Crippen molar-refractivity contribution in [2.24, 2.45) is 0 Å². The Kier molecular flexibility index (Phi) is 4.27. The van der Waals surface area contributed by atoms with Gasteiger partial charge in [0.15, 0.2) is 0 Å². The van der Waals surface area contributed by atoms with Crippen LogP contribution in [0.4, 0.5) is 0 Å². The van der Waals surface area contributed by atoms with Crippen LogP contribution in [0, 0.1) is 0 Å². The van der Waals surface area contributed by atoms with E-state index in [0.29, 0.717) is 0 Å². The van der Waals surface area contributed by atoms with Gasteiger partial charge in [-0.3, -0.25) is 0 Å². The van der Waals surface area contributed by atoms with Crippen molar-refractivity contribution in [2.75, 3.05) is 12.5 Å². The summed E-state index contributed by atoms with van der Waals surface area (Å²) >= 11 is 3.80. The Bertz CT molecular complexity index is 713. The van der Waals surface area contributed by atoms with Gasteiger partial charge in [-0.1, -0.05) is 42.5 Å². The lowest BCUT2D eigenvalue weighted by Crippen LogP contribution is -2.24. The van der Waals surface area contributed by atoms with Crippen LogP contribution in [0.15, 0.2) is 61.2 Å². The van der Waals surface area contributed by atoms with E-state index >= 15 is 0 Å². The lowest BCUT2D eigenvalue weighted by molar-refractivity contribution is 0.654. The summed E-state index contributed by atoms with van der Waals surface area (Å²) in [6.07, 6.45) is 10.2. The van der Waals surface area contributed by atoms with Crippen molar-refractivity contribution in [1.29, 1.82) is 0 Å². The molecule has 0 N–H and O–H groups in total. The van der Waals surface area contributed by atoms with Crippen molar-refractivity contribution < 1.29 is 0 Å². The SMILES string of the molecule is CSC(Cn1ccnc1)(SC)c1cccc2ccccc12. The summed E-state index contributed by atoms with van der Waals surface area (Å²) in [4.78, 5) is 4.18. The maximum Gasteiger partial charge on any atom is 0.104 e. The van der Waals surface area contributed by atoms with Gasteiger partial charge in [0.2, 0.25) is 0 Å². The van der Waals surface area contributed by atoms with Crippen molar-refractivity contribution in [3.8, 4) is 0 Å². The zero-order chi connectivity index (χ0) is 14.7. The zero-order valence-corrected chi connectivity index (χ0v) is 13.8. The molecule has 0 radical (unpaired) electrons. The highest BCUT2D eigenvalue weighted by Gasteiger charge is 2.32. The normalized spacial score (nSPS) is 11.9. The smallest absolute Gasteiger partial charge is 0.104 e. The number of aromatic nitrogens is 2. The Morgan fingerprint density at radius 1 is 1.05 bits per heavy atom. The Morgan fingerprint density at radius 2 is 1.81 bits per heavy atom. The number of benzene rings is 2. The molecule has 0 spiro atoms. The first kappa shape index (κ1) is 14.5. The summed E-state index contributed by atoms with van der Waals surface area (Å²) < 4.78 is 2.15. The first-order chi connectivity index (χ1) is 10.3. The molecule has 0 aliphatic carbocycles. The van der Waals surface area contributed by atoms with Gasteiger partial charge < -0.3 is 4.57 Å². The van der Waals surface area contributed by atoms with Crippen LogP contribution >= 0.6 is 23.5 Å². The Balaban J connectivity index is 2.15. The molecule has 3 rings (SSSR count). The topological polar surface area (TPSA) is 17.8 Å². The van der Waals surface area contributed by atoms with Crippen LogP contribution < -0.4 is 0 Å². The van der Waals surface area contributed by atoms with Crippen LogP contribution in [-0.2, 0) is 10.6 Å². The molecule has 4 heteroatoms. The van der Waals surface area contributed by atoms with Gasteiger partial charge in [0, 0.05) is 12.4 Å². The first-order valence-corrected chi connectivity index (χ1v) is 9.28. The Labute approximate surface area is 134 Å². The summed E-state index contributed by atoms with van der Waals surface area (Å²) in [5.74, 6) is 0. The fourth-order valence-corrected chi connectivity index (χ4v) is 4.71. The third-order valence-corrected chi connectivity index (χ3v) is 6.83. The lowest BCUT2D eigenvalue weighted by atomic mass is 10.0. The predicted molar refractivity (Wildman–Crippen MR) is 94.9 cm³/mol. The molecule has 0 saturated carbocycles. The highest BCUT2D eigenvalue weighted by atomic mass is 32.2. The molecule has 0 amide bonds. The largest absolute Gasteiger partial charge is 0.335 e. The number of fused-ring (bicyclic) bond motifs is 1. The van der Waals surface area contributed by atoms with E-state index in [-0.39, 0.29) is 4.08 Å². The Morgan fingerprint density at radius 3 is 2.52 bits per heavy atom. The van der Waals surface area contributed by atoms with E-state index in [0.717, 1.165) is 6.54 Å². The van der Waals surface area contributed by atoms with Crippen LogP contribution in [0.2, 0.25) is 0 Å². The van der Waals surface area contributed by atoms with Gasteiger partial charge in [-0.25, -0.2) is 4.98 Å². The molecular formula is C17H18N2S2. The number of nitrogens with zero attached hydrogens (tertiary/aromatic N) is 2. The van der Waals surface area contributed by atoms with E-state index in [1.807, 2.05) is 42.2 Å². The van der Waals surface area contributed by atoms with Crippen LogP contribution in [0.5, 0.6) is 0 Å². The van der Waals surface area contributed by atoms with Crippen molar-refractivity contribution in [3.05, 3.63) is 66.7 Å². The zero-order valence-electron chi connectivity index (χ0n) is 12.2. The van der Waals surface area contributed by atoms with Crippen molar-refractivity contribution in [3.63, 3.8) is 0 Å². The number of hydrogen-bond acceptors (Lipinski definition) is 3. The van der Waals surface area contributed by atoms with Crippen molar-refractivity contribution in [2.45, 2.75) is 10.6 Å². The monoisotopic (exact) mass is 314 g/mol. The van der Waals surface area contributed by atoms with E-state index in [1.165, 1.54) is 16.3 Å². The van der Waals surface area contributed by atoms with Gasteiger partial charge >= 0.3 is 0 Å².